The van der Waals surface area contributed by atoms with E-state index in [0.717, 1.165) is 45.3 Å². The Bertz CT molecular complexity index is 260. The summed E-state index contributed by atoms with van der Waals surface area (Å²) in [5.74, 6) is 0. The highest BCUT2D eigenvalue weighted by Crippen LogP contribution is 2.21. The third-order valence-corrected chi connectivity index (χ3v) is 2.88. The van der Waals surface area contributed by atoms with Crippen molar-refractivity contribution >= 4 is 6.09 Å². The molecule has 106 valence electrons. The predicted octanol–water partition coefficient (Wildman–Crippen LogP) is 3.55. The molecule has 1 atom stereocenters. The maximum atomic E-state index is 12.1. The first-order valence-corrected chi connectivity index (χ1v) is 7.05. The lowest BCUT2D eigenvalue weighted by atomic mass is 10.1. The molecule has 0 aromatic rings. The molecule has 1 aliphatic rings. The number of piperidine rings is 1. The molecule has 18 heavy (non-hydrogen) atoms. The maximum absolute atomic E-state index is 12.1. The number of carbonyl (C=O) groups is 1. The molecule has 4 heteroatoms. The second kappa shape index (κ2) is 6.98. The van der Waals surface area contributed by atoms with Crippen LogP contribution in [-0.2, 0) is 9.47 Å². The van der Waals surface area contributed by atoms with E-state index in [-0.39, 0.29) is 12.3 Å². The highest BCUT2D eigenvalue weighted by Gasteiger charge is 2.30. The molecule has 1 unspecified atom stereocenters. The van der Waals surface area contributed by atoms with Gasteiger partial charge in [0, 0.05) is 13.2 Å². The summed E-state index contributed by atoms with van der Waals surface area (Å²) in [5, 5.41) is 0. The number of rotatable bonds is 4. The summed E-state index contributed by atoms with van der Waals surface area (Å²) in [6, 6.07) is 0. The van der Waals surface area contributed by atoms with E-state index in [1.54, 1.807) is 4.90 Å². The van der Waals surface area contributed by atoms with Crippen molar-refractivity contribution in [2.45, 2.75) is 71.6 Å². The van der Waals surface area contributed by atoms with Gasteiger partial charge in [0.15, 0.2) is 0 Å². The van der Waals surface area contributed by atoms with Crippen LogP contribution in [0.2, 0.25) is 0 Å². The van der Waals surface area contributed by atoms with E-state index in [2.05, 4.69) is 6.92 Å². The van der Waals surface area contributed by atoms with Crippen molar-refractivity contribution in [1.82, 2.24) is 4.90 Å². The average Bonchev–Trinajstić information content (AvgIpc) is 2.27. The second-order valence-corrected chi connectivity index (χ2v) is 5.85. The quantitative estimate of drug-likeness (QED) is 0.723. The summed E-state index contributed by atoms with van der Waals surface area (Å²) < 4.78 is 11.2. The van der Waals surface area contributed by atoms with Crippen molar-refractivity contribution in [3.63, 3.8) is 0 Å². The average molecular weight is 257 g/mol. The second-order valence-electron chi connectivity index (χ2n) is 5.85. The van der Waals surface area contributed by atoms with E-state index in [1.165, 1.54) is 0 Å². The van der Waals surface area contributed by atoms with Gasteiger partial charge in [-0.05, 0) is 46.5 Å². The van der Waals surface area contributed by atoms with Crippen LogP contribution in [0.3, 0.4) is 0 Å². The first-order valence-electron chi connectivity index (χ1n) is 7.05. The smallest absolute Gasteiger partial charge is 0.412 e. The largest absolute Gasteiger partial charge is 0.444 e. The third-order valence-electron chi connectivity index (χ3n) is 2.88. The molecule has 0 aromatic carbocycles. The van der Waals surface area contributed by atoms with E-state index in [9.17, 15) is 4.79 Å². The predicted molar refractivity (Wildman–Crippen MR) is 71.4 cm³/mol. The van der Waals surface area contributed by atoms with Crippen LogP contribution in [0.15, 0.2) is 0 Å². The van der Waals surface area contributed by atoms with Crippen LogP contribution < -0.4 is 0 Å². The first kappa shape index (κ1) is 15.3. The van der Waals surface area contributed by atoms with Gasteiger partial charge in [0.2, 0.25) is 0 Å². The summed E-state index contributed by atoms with van der Waals surface area (Å²) in [4.78, 5) is 13.8. The van der Waals surface area contributed by atoms with Gasteiger partial charge in [0.25, 0.3) is 0 Å². The van der Waals surface area contributed by atoms with Gasteiger partial charge >= 0.3 is 6.09 Å². The molecule has 0 N–H and O–H groups in total. The Balaban J connectivity index is 2.50. The van der Waals surface area contributed by atoms with E-state index >= 15 is 0 Å². The number of nitrogens with zero attached hydrogens (tertiary/aromatic N) is 1. The van der Waals surface area contributed by atoms with Crippen LogP contribution in [0.25, 0.3) is 0 Å². The van der Waals surface area contributed by atoms with Crippen molar-refractivity contribution in [3.05, 3.63) is 0 Å². The Kier molecular flexibility index (Phi) is 5.93. The Labute approximate surface area is 111 Å². The van der Waals surface area contributed by atoms with Gasteiger partial charge in [-0.25, -0.2) is 4.79 Å². The molecule has 1 aliphatic heterocycles. The molecule has 1 amide bonds. The molecule has 1 saturated heterocycles. The van der Waals surface area contributed by atoms with Gasteiger partial charge in [-0.2, -0.15) is 0 Å². The van der Waals surface area contributed by atoms with Gasteiger partial charge < -0.3 is 9.47 Å². The molecule has 1 rings (SSSR count). The van der Waals surface area contributed by atoms with E-state index in [4.69, 9.17) is 9.47 Å². The van der Waals surface area contributed by atoms with Gasteiger partial charge in [-0.15, -0.1) is 0 Å². The van der Waals surface area contributed by atoms with Crippen molar-refractivity contribution in [2.24, 2.45) is 0 Å². The topological polar surface area (TPSA) is 38.8 Å². The summed E-state index contributed by atoms with van der Waals surface area (Å²) in [7, 11) is 0. The Morgan fingerprint density at radius 1 is 1.33 bits per heavy atom. The Hall–Kier alpha value is -0.770. The number of likely N-dealkylation sites (tertiary alicyclic amines) is 1. The van der Waals surface area contributed by atoms with E-state index in [0.29, 0.717) is 0 Å². The maximum Gasteiger partial charge on any atom is 0.412 e. The van der Waals surface area contributed by atoms with Crippen LogP contribution in [0.4, 0.5) is 4.79 Å². The van der Waals surface area contributed by atoms with Crippen molar-refractivity contribution in [3.8, 4) is 0 Å². The van der Waals surface area contributed by atoms with Gasteiger partial charge in [-0.1, -0.05) is 13.3 Å². The fraction of sp³-hybridized carbons (Fsp3) is 0.929. The Morgan fingerprint density at radius 2 is 2.06 bits per heavy atom. The number of ether oxygens (including phenoxy) is 2. The number of carbonyl (C=O) groups excluding carboxylic acids is 1. The minimum absolute atomic E-state index is 0.0971. The SMILES string of the molecule is CCCCOC1CCCCN1C(=O)OC(C)(C)C. The van der Waals surface area contributed by atoms with Gasteiger partial charge in [-0.3, -0.25) is 4.90 Å². The molecule has 0 aliphatic carbocycles. The number of hydrogen-bond acceptors (Lipinski definition) is 3. The normalized spacial score (nSPS) is 20.9. The highest BCUT2D eigenvalue weighted by molar-refractivity contribution is 5.68. The fourth-order valence-electron chi connectivity index (χ4n) is 1.97. The minimum atomic E-state index is -0.442. The number of amides is 1. The van der Waals surface area contributed by atoms with Crippen LogP contribution >= 0.6 is 0 Å². The lowest BCUT2D eigenvalue weighted by molar-refractivity contribution is -0.0835. The van der Waals surface area contributed by atoms with Crippen LogP contribution in [0.1, 0.15) is 59.8 Å². The monoisotopic (exact) mass is 257 g/mol. The molecule has 4 nitrogen and oxygen atoms in total. The zero-order valence-corrected chi connectivity index (χ0v) is 12.2. The summed E-state index contributed by atoms with van der Waals surface area (Å²) >= 11 is 0. The number of hydrogen-bond donors (Lipinski definition) is 0. The zero-order chi connectivity index (χ0) is 13.6. The summed E-state index contributed by atoms with van der Waals surface area (Å²) in [6.45, 7) is 9.27. The molecule has 1 fully saturated rings. The lowest BCUT2D eigenvalue weighted by Gasteiger charge is -2.36. The van der Waals surface area contributed by atoms with Crippen molar-refractivity contribution in [2.75, 3.05) is 13.2 Å². The summed E-state index contributed by atoms with van der Waals surface area (Å²) in [5.41, 5.74) is -0.442. The molecule has 0 spiro atoms. The molecular weight excluding hydrogens is 230 g/mol. The molecule has 0 radical (unpaired) electrons. The molecule has 0 aromatic heterocycles. The van der Waals surface area contributed by atoms with E-state index in [1.807, 2.05) is 20.8 Å². The molecule has 0 bridgehead atoms. The fourth-order valence-corrected chi connectivity index (χ4v) is 1.97. The summed E-state index contributed by atoms with van der Waals surface area (Å²) in [6.07, 6.45) is 4.88. The first-order chi connectivity index (χ1) is 8.44. The minimum Gasteiger partial charge on any atom is -0.444 e. The van der Waals surface area contributed by atoms with Crippen molar-refractivity contribution < 1.29 is 14.3 Å². The van der Waals surface area contributed by atoms with E-state index < -0.39 is 5.60 Å². The van der Waals surface area contributed by atoms with Gasteiger partial charge in [0.1, 0.15) is 11.8 Å². The third kappa shape index (κ3) is 5.25. The van der Waals surface area contributed by atoms with Gasteiger partial charge in [0.05, 0.1) is 0 Å². The lowest BCUT2D eigenvalue weighted by Crippen LogP contribution is -2.47. The highest BCUT2D eigenvalue weighted by atomic mass is 16.6. The zero-order valence-electron chi connectivity index (χ0n) is 12.2. The molecule has 1 heterocycles. The van der Waals surface area contributed by atoms with Crippen LogP contribution in [0.5, 0.6) is 0 Å². The standard InChI is InChI=1S/C14H27NO3/c1-5-6-11-17-12-9-7-8-10-15(12)13(16)18-14(2,3)4/h12H,5-11H2,1-4H3. The Morgan fingerprint density at radius 3 is 2.67 bits per heavy atom. The molecular formula is C14H27NO3. The van der Waals surface area contributed by atoms with Crippen LogP contribution in [0, 0.1) is 0 Å². The van der Waals surface area contributed by atoms with Crippen LogP contribution in [-0.4, -0.2) is 36.0 Å². The molecule has 0 saturated carbocycles. The number of unbranched alkanes of at least 4 members (excludes halogenated alkanes) is 1. The van der Waals surface area contributed by atoms with Crippen molar-refractivity contribution in [1.29, 1.82) is 0 Å².